The maximum atomic E-state index is 12.8. The molecule has 122 valence electrons. The van der Waals surface area contributed by atoms with Gasteiger partial charge in [-0.05, 0) is 36.1 Å². The highest BCUT2D eigenvalue weighted by atomic mass is 32.2. The number of fused-ring (bicyclic) bond motifs is 1. The van der Waals surface area contributed by atoms with Crippen molar-refractivity contribution >= 4 is 10.2 Å². The molecule has 1 aliphatic heterocycles. The summed E-state index contributed by atoms with van der Waals surface area (Å²) in [6, 6.07) is 9.68. The van der Waals surface area contributed by atoms with Crippen LogP contribution in [0, 0.1) is 6.92 Å². The first-order valence-corrected chi connectivity index (χ1v) is 8.99. The first-order chi connectivity index (χ1) is 10.9. The van der Waals surface area contributed by atoms with Gasteiger partial charge in [-0.1, -0.05) is 29.8 Å². The topological polar surface area (TPSA) is 53.5 Å². The summed E-state index contributed by atoms with van der Waals surface area (Å²) in [5, 5.41) is 0. The van der Waals surface area contributed by atoms with Crippen LogP contribution in [0.1, 0.15) is 28.3 Å². The van der Waals surface area contributed by atoms with Crippen molar-refractivity contribution in [3.8, 4) is 0 Å². The van der Waals surface area contributed by atoms with Crippen LogP contribution in [0.25, 0.3) is 0 Å². The Morgan fingerprint density at radius 3 is 2.70 bits per heavy atom. The Labute approximate surface area is 137 Å². The number of nitrogens with zero attached hydrogens (tertiary/aromatic N) is 3. The summed E-state index contributed by atoms with van der Waals surface area (Å²) in [5.74, 6) is 0. The quantitative estimate of drug-likeness (QED) is 0.866. The van der Waals surface area contributed by atoms with E-state index >= 15 is 0 Å². The van der Waals surface area contributed by atoms with E-state index in [0.717, 1.165) is 17.5 Å². The summed E-state index contributed by atoms with van der Waals surface area (Å²) in [4.78, 5) is 4.18. The van der Waals surface area contributed by atoms with E-state index in [4.69, 9.17) is 0 Å². The van der Waals surface area contributed by atoms with Crippen LogP contribution in [0.5, 0.6) is 0 Å². The fourth-order valence-electron chi connectivity index (χ4n) is 3.07. The molecule has 0 N–H and O–H groups in total. The van der Waals surface area contributed by atoms with Crippen LogP contribution >= 0.6 is 0 Å². The van der Waals surface area contributed by atoms with Crippen molar-refractivity contribution in [3.05, 3.63) is 65.0 Å². The number of pyridine rings is 1. The Balaban J connectivity index is 2.18. The number of hydrogen-bond acceptors (Lipinski definition) is 3. The highest BCUT2D eigenvalue weighted by molar-refractivity contribution is 7.86. The predicted octanol–water partition coefficient (Wildman–Crippen LogP) is 2.14. The zero-order valence-electron chi connectivity index (χ0n) is 13.6. The molecule has 5 nitrogen and oxygen atoms in total. The maximum Gasteiger partial charge on any atom is 0.282 e. The second-order valence-corrected chi connectivity index (χ2v) is 8.14. The van der Waals surface area contributed by atoms with Gasteiger partial charge in [0.05, 0.1) is 6.04 Å². The molecule has 0 bridgehead atoms. The first kappa shape index (κ1) is 16.1. The van der Waals surface area contributed by atoms with Gasteiger partial charge in [0.1, 0.15) is 0 Å². The minimum absolute atomic E-state index is 0.333. The second-order valence-electron chi connectivity index (χ2n) is 6.04. The van der Waals surface area contributed by atoms with E-state index in [1.54, 1.807) is 30.8 Å². The molecule has 0 fully saturated rings. The van der Waals surface area contributed by atoms with E-state index in [9.17, 15) is 8.42 Å². The molecule has 3 rings (SSSR count). The second kappa shape index (κ2) is 6.03. The lowest BCUT2D eigenvalue weighted by Gasteiger charge is -2.37. The molecule has 2 aromatic rings. The summed E-state index contributed by atoms with van der Waals surface area (Å²) in [6.07, 6.45) is 4.17. The lowest BCUT2D eigenvalue weighted by atomic mass is 9.89. The molecule has 0 saturated carbocycles. The minimum atomic E-state index is -3.51. The molecule has 1 aliphatic rings. The highest BCUT2D eigenvalue weighted by Gasteiger charge is 2.37. The average molecular weight is 331 g/mol. The van der Waals surface area contributed by atoms with E-state index in [2.05, 4.69) is 18.0 Å². The monoisotopic (exact) mass is 331 g/mol. The third-order valence-electron chi connectivity index (χ3n) is 4.24. The molecular weight excluding hydrogens is 310 g/mol. The van der Waals surface area contributed by atoms with Gasteiger partial charge in [0.15, 0.2) is 0 Å². The molecule has 23 heavy (non-hydrogen) atoms. The summed E-state index contributed by atoms with van der Waals surface area (Å²) in [7, 11) is -0.372. The Kier molecular flexibility index (Phi) is 4.23. The molecule has 6 heteroatoms. The number of aryl methyl sites for hydroxylation is 1. The largest absolute Gasteiger partial charge is 0.282 e. The predicted molar refractivity (Wildman–Crippen MR) is 90.3 cm³/mol. The van der Waals surface area contributed by atoms with Crippen molar-refractivity contribution in [1.29, 1.82) is 0 Å². The molecule has 1 unspecified atom stereocenters. The van der Waals surface area contributed by atoms with Crippen LogP contribution in [0.15, 0.2) is 42.7 Å². The summed E-state index contributed by atoms with van der Waals surface area (Å²) < 4.78 is 28.4. The molecule has 1 atom stereocenters. The third kappa shape index (κ3) is 2.89. The van der Waals surface area contributed by atoms with Gasteiger partial charge in [-0.15, -0.1) is 0 Å². The lowest BCUT2D eigenvalue weighted by molar-refractivity contribution is 0.319. The summed E-state index contributed by atoms with van der Waals surface area (Å²) >= 11 is 0. The van der Waals surface area contributed by atoms with Crippen LogP contribution < -0.4 is 0 Å². The van der Waals surface area contributed by atoms with E-state index in [1.807, 2.05) is 24.3 Å². The zero-order valence-corrected chi connectivity index (χ0v) is 14.4. The van der Waals surface area contributed by atoms with Crippen molar-refractivity contribution < 1.29 is 8.42 Å². The van der Waals surface area contributed by atoms with E-state index in [1.165, 1.54) is 15.4 Å². The fraction of sp³-hybridized carbons (Fsp3) is 0.353. The van der Waals surface area contributed by atoms with Crippen LogP contribution in [0.3, 0.4) is 0 Å². The fourth-order valence-corrected chi connectivity index (χ4v) is 4.32. The molecule has 0 amide bonds. The average Bonchev–Trinajstić information content (AvgIpc) is 2.54. The Morgan fingerprint density at radius 1 is 1.26 bits per heavy atom. The zero-order chi connectivity index (χ0) is 16.6. The maximum absolute atomic E-state index is 12.8. The van der Waals surface area contributed by atoms with Crippen molar-refractivity contribution in [3.63, 3.8) is 0 Å². The number of aromatic nitrogens is 1. The number of rotatable bonds is 3. The van der Waals surface area contributed by atoms with Gasteiger partial charge in [0.2, 0.25) is 0 Å². The Morgan fingerprint density at radius 2 is 2.04 bits per heavy atom. The minimum Gasteiger partial charge on any atom is -0.264 e. The van der Waals surface area contributed by atoms with E-state index in [0.29, 0.717) is 6.54 Å². The highest BCUT2D eigenvalue weighted by Crippen LogP contribution is 2.37. The van der Waals surface area contributed by atoms with Gasteiger partial charge in [-0.2, -0.15) is 17.0 Å². The Bertz CT molecular complexity index is 804. The normalized spacial score (nSPS) is 18.9. The molecule has 0 saturated heterocycles. The molecule has 0 radical (unpaired) electrons. The van der Waals surface area contributed by atoms with E-state index < -0.39 is 10.2 Å². The summed E-state index contributed by atoms with van der Waals surface area (Å²) in [6.45, 7) is 2.53. The first-order valence-electron chi connectivity index (χ1n) is 7.60. The third-order valence-corrected chi connectivity index (χ3v) is 6.15. The smallest absolute Gasteiger partial charge is 0.264 e. The van der Waals surface area contributed by atoms with Crippen LogP contribution in [-0.4, -0.2) is 42.7 Å². The van der Waals surface area contributed by atoms with Crippen molar-refractivity contribution in [1.82, 2.24) is 13.6 Å². The van der Waals surface area contributed by atoms with Crippen LogP contribution in [-0.2, 0) is 16.6 Å². The van der Waals surface area contributed by atoms with Crippen LogP contribution in [0.2, 0.25) is 0 Å². The van der Waals surface area contributed by atoms with Gasteiger partial charge in [-0.3, -0.25) is 4.98 Å². The molecule has 1 aromatic heterocycles. The van der Waals surface area contributed by atoms with Crippen LogP contribution in [0.4, 0.5) is 0 Å². The van der Waals surface area contributed by atoms with Crippen molar-refractivity contribution in [2.45, 2.75) is 19.4 Å². The van der Waals surface area contributed by atoms with Crippen molar-refractivity contribution in [2.75, 3.05) is 20.6 Å². The van der Waals surface area contributed by atoms with Crippen molar-refractivity contribution in [2.24, 2.45) is 0 Å². The standard InChI is InChI=1S/C17H21N3O2S/c1-13-6-7-16-14(11-13)8-10-20(23(21,22)19(2)3)17(16)15-5-4-9-18-12-15/h4-7,9,11-12,17H,8,10H2,1-3H3. The molecular formula is C17H21N3O2S. The van der Waals surface area contributed by atoms with Gasteiger partial charge < -0.3 is 0 Å². The SMILES string of the molecule is Cc1ccc2c(c1)CCN(S(=O)(=O)N(C)C)C2c1cccnc1. The number of hydrogen-bond donors (Lipinski definition) is 0. The molecule has 1 aromatic carbocycles. The molecule has 0 spiro atoms. The van der Waals surface area contributed by atoms with Gasteiger partial charge in [-0.25, -0.2) is 0 Å². The van der Waals surface area contributed by atoms with Gasteiger partial charge in [0, 0.05) is 33.0 Å². The lowest BCUT2D eigenvalue weighted by Crippen LogP contribution is -2.46. The number of benzene rings is 1. The molecule has 0 aliphatic carbocycles. The van der Waals surface area contributed by atoms with Gasteiger partial charge in [0.25, 0.3) is 10.2 Å². The summed E-state index contributed by atoms with van der Waals surface area (Å²) in [5.41, 5.74) is 4.34. The molecule has 2 heterocycles. The Hall–Kier alpha value is -1.76. The van der Waals surface area contributed by atoms with Gasteiger partial charge >= 0.3 is 0 Å². The van der Waals surface area contributed by atoms with E-state index in [-0.39, 0.29) is 6.04 Å².